The highest BCUT2D eigenvalue weighted by atomic mass is 16.6. The van der Waals surface area contributed by atoms with E-state index in [9.17, 15) is 14.9 Å². The van der Waals surface area contributed by atoms with Crippen molar-refractivity contribution in [1.29, 1.82) is 0 Å². The average Bonchev–Trinajstić information content (AvgIpc) is 3.01. The molecule has 21 heavy (non-hydrogen) atoms. The maximum Gasteiger partial charge on any atom is 0.272 e. The first-order valence-electron chi connectivity index (χ1n) is 7.39. The molecule has 1 amide bonds. The van der Waals surface area contributed by atoms with Gasteiger partial charge in [-0.3, -0.25) is 14.9 Å². The van der Waals surface area contributed by atoms with E-state index in [2.05, 4.69) is 5.32 Å². The molecule has 1 heterocycles. The third-order valence-corrected chi connectivity index (χ3v) is 3.73. The Labute approximate surface area is 124 Å². The number of carbonyl (C=O) groups is 1. The van der Waals surface area contributed by atoms with E-state index in [0.29, 0.717) is 25.9 Å². The normalized spacial score (nSPS) is 14.4. The molecule has 1 saturated heterocycles. The molecule has 0 aliphatic carbocycles. The van der Waals surface area contributed by atoms with Crippen molar-refractivity contribution in [2.24, 2.45) is 0 Å². The Hall–Kier alpha value is -1.95. The summed E-state index contributed by atoms with van der Waals surface area (Å²) >= 11 is 0. The van der Waals surface area contributed by atoms with E-state index in [1.807, 2.05) is 4.90 Å². The predicted octanol–water partition coefficient (Wildman–Crippen LogP) is 1.74. The SMILES string of the molecule is O=C(CCNCCc1ccccc1[N+](=O)[O-])N1CCCC1. The number of rotatable bonds is 7. The summed E-state index contributed by atoms with van der Waals surface area (Å²) in [4.78, 5) is 24.3. The summed E-state index contributed by atoms with van der Waals surface area (Å²) in [6, 6.07) is 6.77. The summed E-state index contributed by atoms with van der Waals surface area (Å²) in [6.45, 7) is 3.03. The van der Waals surface area contributed by atoms with Crippen LogP contribution in [0, 0.1) is 10.1 Å². The van der Waals surface area contributed by atoms with Crippen molar-refractivity contribution in [1.82, 2.24) is 10.2 Å². The molecule has 1 aliphatic rings. The summed E-state index contributed by atoms with van der Waals surface area (Å²) in [6.07, 6.45) is 3.31. The lowest BCUT2D eigenvalue weighted by Gasteiger charge is -2.15. The first-order valence-corrected chi connectivity index (χ1v) is 7.39. The Balaban J connectivity index is 1.68. The van der Waals surface area contributed by atoms with E-state index in [1.54, 1.807) is 18.2 Å². The van der Waals surface area contributed by atoms with Crippen molar-refractivity contribution < 1.29 is 9.72 Å². The fraction of sp³-hybridized carbons (Fsp3) is 0.533. The first-order chi connectivity index (χ1) is 10.2. The Morgan fingerprint density at radius 1 is 1.24 bits per heavy atom. The van der Waals surface area contributed by atoms with Crippen LogP contribution in [0.25, 0.3) is 0 Å². The molecule has 1 aromatic rings. The van der Waals surface area contributed by atoms with E-state index in [1.165, 1.54) is 6.07 Å². The second-order valence-corrected chi connectivity index (χ2v) is 5.22. The number of para-hydroxylation sites is 1. The van der Waals surface area contributed by atoms with E-state index < -0.39 is 0 Å². The van der Waals surface area contributed by atoms with Gasteiger partial charge in [0, 0.05) is 37.7 Å². The van der Waals surface area contributed by atoms with Crippen molar-refractivity contribution in [2.45, 2.75) is 25.7 Å². The van der Waals surface area contributed by atoms with Crippen LogP contribution < -0.4 is 5.32 Å². The molecule has 0 spiro atoms. The van der Waals surface area contributed by atoms with Crippen LogP contribution in [0.15, 0.2) is 24.3 Å². The molecule has 0 radical (unpaired) electrons. The van der Waals surface area contributed by atoms with E-state index in [-0.39, 0.29) is 16.5 Å². The highest BCUT2D eigenvalue weighted by Gasteiger charge is 2.17. The van der Waals surface area contributed by atoms with Gasteiger partial charge in [-0.15, -0.1) is 0 Å². The van der Waals surface area contributed by atoms with E-state index in [4.69, 9.17) is 0 Å². The molecule has 1 fully saturated rings. The number of amides is 1. The van der Waals surface area contributed by atoms with Crippen molar-refractivity contribution >= 4 is 11.6 Å². The largest absolute Gasteiger partial charge is 0.343 e. The number of hydrogen-bond donors (Lipinski definition) is 1. The molecular weight excluding hydrogens is 270 g/mol. The lowest BCUT2D eigenvalue weighted by molar-refractivity contribution is -0.385. The lowest BCUT2D eigenvalue weighted by atomic mass is 10.1. The van der Waals surface area contributed by atoms with Gasteiger partial charge in [0.05, 0.1) is 4.92 Å². The van der Waals surface area contributed by atoms with Crippen LogP contribution in [0.1, 0.15) is 24.8 Å². The number of carbonyl (C=O) groups excluding carboxylic acids is 1. The zero-order chi connectivity index (χ0) is 15.1. The first kappa shape index (κ1) is 15.4. The molecule has 2 rings (SSSR count). The van der Waals surface area contributed by atoms with Crippen LogP contribution >= 0.6 is 0 Å². The highest BCUT2D eigenvalue weighted by Crippen LogP contribution is 2.17. The fourth-order valence-corrected chi connectivity index (χ4v) is 2.57. The number of hydrogen-bond acceptors (Lipinski definition) is 4. The standard InChI is InChI=1S/C15H21N3O3/c19-15(17-11-3-4-12-17)8-10-16-9-7-13-5-1-2-6-14(13)18(20)21/h1-2,5-6,16H,3-4,7-12H2. The number of nitrogens with zero attached hydrogens (tertiary/aromatic N) is 2. The smallest absolute Gasteiger partial charge is 0.272 e. The second-order valence-electron chi connectivity index (χ2n) is 5.22. The van der Waals surface area contributed by atoms with Crippen molar-refractivity contribution in [2.75, 3.05) is 26.2 Å². The Kier molecular flexibility index (Phi) is 5.68. The molecule has 1 aliphatic heterocycles. The molecule has 6 heteroatoms. The maximum absolute atomic E-state index is 11.8. The van der Waals surface area contributed by atoms with Crippen LogP contribution in [0.5, 0.6) is 0 Å². The molecule has 0 unspecified atom stereocenters. The Bertz CT molecular complexity index is 499. The molecule has 0 bridgehead atoms. The van der Waals surface area contributed by atoms with Crippen molar-refractivity contribution in [3.63, 3.8) is 0 Å². The van der Waals surface area contributed by atoms with E-state index in [0.717, 1.165) is 31.5 Å². The van der Waals surface area contributed by atoms with Crippen LogP contribution in [0.4, 0.5) is 5.69 Å². The van der Waals surface area contributed by atoms with Gasteiger partial charge in [0.15, 0.2) is 0 Å². The lowest BCUT2D eigenvalue weighted by Crippen LogP contribution is -2.31. The van der Waals surface area contributed by atoms with Crippen molar-refractivity contribution in [3.05, 3.63) is 39.9 Å². The minimum absolute atomic E-state index is 0.160. The van der Waals surface area contributed by atoms with Gasteiger partial charge < -0.3 is 10.2 Å². The van der Waals surface area contributed by atoms with Gasteiger partial charge in [0.1, 0.15) is 0 Å². The van der Waals surface area contributed by atoms with Gasteiger partial charge in [0.25, 0.3) is 5.69 Å². The molecule has 0 saturated carbocycles. The van der Waals surface area contributed by atoms with Gasteiger partial charge in [-0.25, -0.2) is 0 Å². The Morgan fingerprint density at radius 2 is 1.95 bits per heavy atom. The van der Waals surface area contributed by atoms with Gasteiger partial charge in [-0.05, 0) is 25.8 Å². The minimum atomic E-state index is -0.355. The van der Waals surface area contributed by atoms with Gasteiger partial charge in [-0.2, -0.15) is 0 Å². The van der Waals surface area contributed by atoms with Crippen LogP contribution in [-0.4, -0.2) is 41.9 Å². The number of nitrogens with one attached hydrogen (secondary N) is 1. The third-order valence-electron chi connectivity index (χ3n) is 3.73. The average molecular weight is 291 g/mol. The maximum atomic E-state index is 11.8. The number of likely N-dealkylation sites (tertiary alicyclic amines) is 1. The summed E-state index contributed by atoms with van der Waals surface area (Å²) in [7, 11) is 0. The monoisotopic (exact) mass is 291 g/mol. The van der Waals surface area contributed by atoms with Gasteiger partial charge in [0.2, 0.25) is 5.91 Å². The Morgan fingerprint density at radius 3 is 2.67 bits per heavy atom. The van der Waals surface area contributed by atoms with E-state index >= 15 is 0 Å². The minimum Gasteiger partial charge on any atom is -0.343 e. The molecule has 0 atom stereocenters. The topological polar surface area (TPSA) is 75.5 Å². The molecule has 114 valence electrons. The summed E-state index contributed by atoms with van der Waals surface area (Å²) in [5.74, 6) is 0.200. The van der Waals surface area contributed by atoms with Crippen LogP contribution in [-0.2, 0) is 11.2 Å². The molecule has 1 N–H and O–H groups in total. The highest BCUT2D eigenvalue weighted by molar-refractivity contribution is 5.76. The predicted molar refractivity (Wildman–Crippen MR) is 80.1 cm³/mol. The fourth-order valence-electron chi connectivity index (χ4n) is 2.57. The second kappa shape index (κ2) is 7.73. The zero-order valence-corrected chi connectivity index (χ0v) is 12.1. The molecule has 6 nitrogen and oxygen atoms in total. The molecular formula is C15H21N3O3. The quantitative estimate of drug-likeness (QED) is 0.471. The summed E-state index contributed by atoms with van der Waals surface area (Å²) in [5.41, 5.74) is 0.883. The van der Waals surface area contributed by atoms with Crippen molar-refractivity contribution in [3.8, 4) is 0 Å². The van der Waals surface area contributed by atoms with Gasteiger partial charge >= 0.3 is 0 Å². The molecule has 1 aromatic carbocycles. The van der Waals surface area contributed by atoms with Crippen LogP contribution in [0.2, 0.25) is 0 Å². The molecule has 0 aromatic heterocycles. The number of nitro groups is 1. The van der Waals surface area contributed by atoms with Crippen LogP contribution in [0.3, 0.4) is 0 Å². The number of nitro benzene ring substituents is 1. The summed E-state index contributed by atoms with van der Waals surface area (Å²) < 4.78 is 0. The number of benzene rings is 1. The third kappa shape index (κ3) is 4.53. The van der Waals surface area contributed by atoms with Gasteiger partial charge in [-0.1, -0.05) is 18.2 Å². The summed E-state index contributed by atoms with van der Waals surface area (Å²) in [5, 5.41) is 14.1. The zero-order valence-electron chi connectivity index (χ0n) is 12.1.